The van der Waals surface area contributed by atoms with Crippen LogP contribution in [0, 0.1) is 19.0 Å². The van der Waals surface area contributed by atoms with Gasteiger partial charge in [0.2, 0.25) is 0 Å². The van der Waals surface area contributed by atoms with Gasteiger partial charge in [-0.15, -0.1) is 0 Å². The normalized spacial score (nSPS) is 23.1. The third-order valence-corrected chi connectivity index (χ3v) is 9.90. The third kappa shape index (κ3) is 4.33. The summed E-state index contributed by atoms with van der Waals surface area (Å²) in [5.41, 5.74) is 10.3. The number of primary amides is 1. The van der Waals surface area contributed by atoms with E-state index in [1.165, 1.54) is 12.8 Å². The molecule has 12 heteroatoms. The van der Waals surface area contributed by atoms with Crippen LogP contribution in [0.4, 0.5) is 0 Å². The number of nitrogens with zero attached hydrogens (tertiary/aromatic N) is 6. The van der Waals surface area contributed by atoms with Gasteiger partial charge in [0.05, 0.1) is 11.4 Å². The average Bonchev–Trinajstić information content (AvgIpc) is 3.48. The molecule has 0 saturated heterocycles. The topological polar surface area (TPSA) is 142 Å². The summed E-state index contributed by atoms with van der Waals surface area (Å²) in [5, 5.41) is 18.1. The maximum Gasteiger partial charge on any atom is 0.356 e. The number of aromatic carboxylic acids is 1. The summed E-state index contributed by atoms with van der Waals surface area (Å²) >= 11 is 4.48. The Morgan fingerprint density at radius 2 is 1.25 bits per heavy atom. The fourth-order valence-corrected chi connectivity index (χ4v) is 7.61. The van der Waals surface area contributed by atoms with Crippen LogP contribution in [0.25, 0.3) is 11.6 Å². The van der Waals surface area contributed by atoms with Crippen LogP contribution in [0.5, 0.6) is 0 Å². The highest BCUT2D eigenvalue weighted by Crippen LogP contribution is 2.52. The second-order valence-corrected chi connectivity index (χ2v) is 13.6. The van der Waals surface area contributed by atoms with Gasteiger partial charge in [0.1, 0.15) is 0 Å². The second kappa shape index (κ2) is 9.89. The molecule has 6 aliphatic carbocycles. The number of hydrogen-bond acceptors (Lipinski definition) is 6. The van der Waals surface area contributed by atoms with E-state index in [0.717, 1.165) is 61.2 Å². The molecule has 4 bridgehead atoms. The van der Waals surface area contributed by atoms with Crippen LogP contribution in [0.1, 0.15) is 81.0 Å². The third-order valence-electron chi connectivity index (χ3n) is 8.56. The highest BCUT2D eigenvalue weighted by atomic mass is 127. The fourth-order valence-electron chi connectivity index (χ4n) is 6.73. The van der Waals surface area contributed by atoms with Gasteiger partial charge in [-0.2, -0.15) is 10.2 Å². The zero-order valence-electron chi connectivity index (χ0n) is 21.3. The van der Waals surface area contributed by atoms with Crippen LogP contribution in [0.2, 0.25) is 0 Å². The van der Waals surface area contributed by atoms with Crippen molar-refractivity contribution >= 4 is 57.1 Å². The molecule has 10 nitrogen and oxygen atoms in total. The Kier molecular flexibility index (Phi) is 6.44. The Morgan fingerprint density at radius 1 is 0.800 bits per heavy atom. The van der Waals surface area contributed by atoms with Crippen molar-refractivity contribution in [1.29, 1.82) is 0 Å². The molecule has 2 saturated carbocycles. The lowest BCUT2D eigenvalue weighted by Gasteiger charge is -2.41. The first-order chi connectivity index (χ1) is 19.3. The summed E-state index contributed by atoms with van der Waals surface area (Å²) in [6, 6.07) is 7.76. The van der Waals surface area contributed by atoms with E-state index in [1.807, 2.05) is 28.9 Å². The van der Waals surface area contributed by atoms with Crippen LogP contribution in [0.15, 0.2) is 36.7 Å². The molecule has 1 amide bonds. The van der Waals surface area contributed by atoms with Crippen molar-refractivity contribution < 1.29 is 14.7 Å². The van der Waals surface area contributed by atoms with Crippen molar-refractivity contribution in [2.45, 2.75) is 50.4 Å². The van der Waals surface area contributed by atoms with Crippen molar-refractivity contribution in [3.05, 3.63) is 77.7 Å². The molecular weight excluding hydrogens is 736 g/mol. The van der Waals surface area contributed by atoms with Gasteiger partial charge < -0.3 is 10.8 Å². The second-order valence-electron chi connectivity index (χ2n) is 11.1. The number of carboxylic acids is 1. The van der Waals surface area contributed by atoms with Gasteiger partial charge in [-0.3, -0.25) is 4.79 Å². The maximum absolute atomic E-state index is 11.6. The predicted molar refractivity (Wildman–Crippen MR) is 162 cm³/mol. The Labute approximate surface area is 257 Å². The number of amides is 1. The molecule has 0 aliphatic heterocycles. The molecule has 4 heterocycles. The molecule has 4 aromatic heterocycles. The van der Waals surface area contributed by atoms with Crippen molar-refractivity contribution in [3.8, 4) is 11.6 Å². The number of carbonyl (C=O) groups is 2. The summed E-state index contributed by atoms with van der Waals surface area (Å²) in [6.45, 7) is 0. The molecule has 0 spiro atoms. The largest absolute Gasteiger partial charge is 0.476 e. The Morgan fingerprint density at radius 3 is 1.68 bits per heavy atom. The van der Waals surface area contributed by atoms with Crippen LogP contribution in [0.3, 0.4) is 0 Å². The van der Waals surface area contributed by atoms with Gasteiger partial charge in [0.25, 0.3) is 5.91 Å². The van der Waals surface area contributed by atoms with Crippen LogP contribution in [-0.2, 0) is 12.8 Å². The van der Waals surface area contributed by atoms with Crippen molar-refractivity contribution in [3.63, 3.8) is 0 Å². The lowest BCUT2D eigenvalue weighted by atomic mass is 9.64. The first kappa shape index (κ1) is 26.0. The SMILES string of the molecule is NC(=O)c1nn(-c2cc(I)ccn2)c2c1CC1CC2C1.O=C(O)c1nn(-c2cc(I)ccn2)c2c1CC1CC2C1. The van der Waals surface area contributed by atoms with Gasteiger partial charge in [-0.25, -0.2) is 24.1 Å². The number of halogens is 2. The van der Waals surface area contributed by atoms with Gasteiger partial charge in [0.15, 0.2) is 23.0 Å². The number of aromatic nitrogens is 6. The number of rotatable bonds is 4. The van der Waals surface area contributed by atoms with E-state index in [0.29, 0.717) is 35.2 Å². The van der Waals surface area contributed by atoms with Gasteiger partial charge in [0, 0.05) is 42.5 Å². The van der Waals surface area contributed by atoms with E-state index in [2.05, 4.69) is 65.3 Å². The van der Waals surface area contributed by atoms with Crippen molar-refractivity contribution in [2.24, 2.45) is 17.6 Å². The lowest BCUT2D eigenvalue weighted by molar-refractivity contribution is 0.0687. The van der Waals surface area contributed by atoms with Crippen molar-refractivity contribution in [2.75, 3.05) is 0 Å². The summed E-state index contributed by atoms with van der Waals surface area (Å²) < 4.78 is 5.74. The van der Waals surface area contributed by atoms with E-state index in [9.17, 15) is 14.7 Å². The van der Waals surface area contributed by atoms with Crippen molar-refractivity contribution in [1.82, 2.24) is 29.5 Å². The smallest absolute Gasteiger partial charge is 0.356 e. The van der Waals surface area contributed by atoms with Crippen LogP contribution in [-0.4, -0.2) is 46.5 Å². The molecule has 6 aliphatic rings. The average molecular weight is 761 g/mol. The molecule has 3 N–H and O–H groups in total. The van der Waals surface area contributed by atoms with Gasteiger partial charge in [-0.1, -0.05) is 0 Å². The Balaban J connectivity index is 0.000000132. The molecular formula is C28H25I2N7O3. The highest BCUT2D eigenvalue weighted by molar-refractivity contribution is 14.1. The first-order valence-electron chi connectivity index (χ1n) is 13.3. The maximum atomic E-state index is 11.6. The van der Waals surface area contributed by atoms with Crippen LogP contribution < -0.4 is 5.73 Å². The minimum Gasteiger partial charge on any atom is -0.476 e. The highest BCUT2D eigenvalue weighted by Gasteiger charge is 2.44. The zero-order valence-corrected chi connectivity index (χ0v) is 25.6. The van der Waals surface area contributed by atoms with Gasteiger partial charge >= 0.3 is 5.97 Å². The molecule has 0 radical (unpaired) electrons. The molecule has 0 aromatic carbocycles. The standard InChI is InChI=1S/C14H13IN4O.C14H12IN3O2/c15-9-1-2-17-11(6-9)19-13-8-3-7(4-8)5-10(13)12(18-19)14(16)20;15-9-1-2-16-11(6-9)18-13-8-3-7(4-8)5-10(13)12(17-18)14(19)20/h1-2,6-8H,3-5H2,(H2,16,20);1-2,6-8H,3-5H2,(H,19,20). The molecule has 0 atom stereocenters. The quantitative estimate of drug-likeness (QED) is 0.289. The summed E-state index contributed by atoms with van der Waals surface area (Å²) in [7, 11) is 0. The number of carboxylic acid groups (broad SMARTS) is 1. The lowest BCUT2D eigenvalue weighted by Crippen LogP contribution is -2.32. The number of pyridine rings is 2. The number of nitrogens with two attached hydrogens (primary N) is 1. The molecule has 4 aromatic rings. The number of hydrogen-bond donors (Lipinski definition) is 2. The van der Waals surface area contributed by atoms with E-state index in [4.69, 9.17) is 5.73 Å². The molecule has 204 valence electrons. The molecule has 10 rings (SSSR count). The molecule has 0 unspecified atom stereocenters. The monoisotopic (exact) mass is 761 g/mol. The van der Waals surface area contributed by atoms with E-state index in [-0.39, 0.29) is 5.69 Å². The van der Waals surface area contributed by atoms with E-state index < -0.39 is 11.9 Å². The molecule has 2 fully saturated rings. The van der Waals surface area contributed by atoms with E-state index >= 15 is 0 Å². The van der Waals surface area contributed by atoms with Crippen LogP contribution >= 0.6 is 45.2 Å². The van der Waals surface area contributed by atoms with E-state index in [1.54, 1.807) is 17.1 Å². The molecule has 40 heavy (non-hydrogen) atoms. The Hall–Kier alpha value is -2.88. The summed E-state index contributed by atoms with van der Waals surface area (Å²) in [6.07, 6.45) is 9.97. The zero-order chi connectivity index (χ0) is 27.7. The predicted octanol–water partition coefficient (Wildman–Crippen LogP) is 4.64. The summed E-state index contributed by atoms with van der Waals surface area (Å²) in [5.74, 6) is 2.41. The fraction of sp³-hybridized carbons (Fsp3) is 0.357. The first-order valence-corrected chi connectivity index (χ1v) is 15.4. The number of carbonyl (C=O) groups excluding carboxylic acids is 1. The minimum absolute atomic E-state index is 0.204. The van der Waals surface area contributed by atoms with Gasteiger partial charge in [-0.05, 0) is 120 Å². The minimum atomic E-state index is -0.938. The Bertz CT molecular complexity index is 1560. The summed E-state index contributed by atoms with van der Waals surface area (Å²) in [4.78, 5) is 31.8.